The van der Waals surface area contributed by atoms with Gasteiger partial charge in [-0.1, -0.05) is 0 Å². The average molecular weight is 201 g/mol. The van der Waals surface area contributed by atoms with Crippen LogP contribution in [0, 0.1) is 11.6 Å². The zero-order chi connectivity index (χ0) is 10.9. The van der Waals surface area contributed by atoms with Crippen LogP contribution in [0.2, 0.25) is 0 Å². The summed E-state index contributed by atoms with van der Waals surface area (Å²) in [7, 11) is 0. The van der Waals surface area contributed by atoms with Gasteiger partial charge >= 0.3 is 0 Å². The number of quaternary nitrogens is 1. The van der Waals surface area contributed by atoms with Crippen molar-refractivity contribution in [3.8, 4) is 0 Å². The Bertz CT molecular complexity index is 377. The molecule has 14 heavy (non-hydrogen) atoms. The van der Waals surface area contributed by atoms with Crippen LogP contribution in [-0.2, 0) is 10.3 Å². The summed E-state index contributed by atoms with van der Waals surface area (Å²) in [5, 5.41) is 10.6. The molecule has 0 heterocycles. The second kappa shape index (κ2) is 3.34. The van der Waals surface area contributed by atoms with Crippen molar-refractivity contribution < 1.29 is 24.4 Å². The minimum absolute atomic E-state index is 0.0661. The number of aliphatic carboxylic acids is 1. The lowest BCUT2D eigenvalue weighted by Crippen LogP contribution is -2.75. The number of rotatable bonds is 2. The second-order valence-electron chi connectivity index (χ2n) is 3.25. The van der Waals surface area contributed by atoms with Gasteiger partial charge in [0.15, 0.2) is 17.2 Å². The molecule has 0 bridgehead atoms. The van der Waals surface area contributed by atoms with E-state index in [-0.39, 0.29) is 5.56 Å². The summed E-state index contributed by atoms with van der Waals surface area (Å²) in [6.45, 7) is 1.26. The molecule has 0 aliphatic carbocycles. The number of halogens is 2. The topological polar surface area (TPSA) is 67.8 Å². The van der Waals surface area contributed by atoms with Crippen LogP contribution >= 0.6 is 0 Å². The third kappa shape index (κ3) is 1.72. The van der Waals surface area contributed by atoms with E-state index >= 15 is 0 Å². The first-order chi connectivity index (χ1) is 6.35. The molecule has 0 aliphatic rings. The van der Waals surface area contributed by atoms with Crippen molar-refractivity contribution >= 4 is 5.97 Å². The van der Waals surface area contributed by atoms with Gasteiger partial charge in [-0.05, 0) is 18.2 Å². The Hall–Kier alpha value is -1.49. The predicted molar refractivity (Wildman–Crippen MR) is 41.6 cm³/mol. The maximum absolute atomic E-state index is 12.8. The van der Waals surface area contributed by atoms with Gasteiger partial charge in [0.25, 0.3) is 0 Å². The van der Waals surface area contributed by atoms with Gasteiger partial charge in [0.2, 0.25) is 0 Å². The van der Waals surface area contributed by atoms with E-state index < -0.39 is 23.1 Å². The predicted octanol–water partition coefficient (Wildman–Crippen LogP) is -0.828. The smallest absolute Gasteiger partial charge is 0.159 e. The Morgan fingerprint density at radius 2 is 2.00 bits per heavy atom. The molecule has 0 fully saturated rings. The number of carboxylic acid groups (broad SMARTS) is 1. The standard InChI is InChI=1S/C9H9F2NO2/c1-9(12,8(13)14)5-2-3-6(10)7(11)4-5/h2-4H,12H2,1H3,(H,13,14)/t9-/m0/s1. The van der Waals surface area contributed by atoms with E-state index in [9.17, 15) is 18.7 Å². The van der Waals surface area contributed by atoms with Crippen LogP contribution in [0.3, 0.4) is 0 Å². The Morgan fingerprint density at radius 3 is 2.43 bits per heavy atom. The van der Waals surface area contributed by atoms with Gasteiger partial charge in [-0.3, -0.25) is 0 Å². The van der Waals surface area contributed by atoms with Crippen LogP contribution in [0.1, 0.15) is 12.5 Å². The van der Waals surface area contributed by atoms with Gasteiger partial charge in [0, 0.05) is 12.5 Å². The third-order valence-corrected chi connectivity index (χ3v) is 2.01. The first-order valence-corrected chi connectivity index (χ1v) is 3.88. The Labute approximate surface area is 79.2 Å². The highest BCUT2D eigenvalue weighted by Crippen LogP contribution is 2.17. The summed E-state index contributed by atoms with van der Waals surface area (Å²) >= 11 is 0. The van der Waals surface area contributed by atoms with Crippen LogP contribution in [0.25, 0.3) is 0 Å². The van der Waals surface area contributed by atoms with Gasteiger partial charge in [0.05, 0.1) is 0 Å². The van der Waals surface area contributed by atoms with E-state index in [4.69, 9.17) is 0 Å². The van der Waals surface area contributed by atoms with Crippen molar-refractivity contribution in [1.29, 1.82) is 0 Å². The van der Waals surface area contributed by atoms with Gasteiger partial charge in [-0.2, -0.15) is 0 Å². The molecule has 0 radical (unpaired) electrons. The molecule has 3 nitrogen and oxygen atoms in total. The molecule has 1 aromatic carbocycles. The van der Waals surface area contributed by atoms with E-state index in [0.717, 1.165) is 12.1 Å². The largest absolute Gasteiger partial charge is 0.543 e. The van der Waals surface area contributed by atoms with Crippen molar-refractivity contribution in [2.24, 2.45) is 0 Å². The molecule has 0 amide bonds. The number of carbonyl (C=O) groups excluding carboxylic acids is 1. The highest BCUT2D eigenvalue weighted by molar-refractivity contribution is 5.76. The molecule has 0 unspecified atom stereocenters. The van der Waals surface area contributed by atoms with Gasteiger partial charge < -0.3 is 15.6 Å². The van der Waals surface area contributed by atoms with Crippen LogP contribution in [0.4, 0.5) is 8.78 Å². The number of hydrogen-bond acceptors (Lipinski definition) is 2. The van der Waals surface area contributed by atoms with E-state index in [1.165, 1.54) is 13.0 Å². The molecule has 0 aliphatic heterocycles. The summed E-state index contributed by atoms with van der Waals surface area (Å²) in [6.07, 6.45) is 0. The Balaban J connectivity index is 3.21. The molecule has 1 rings (SSSR count). The number of carboxylic acids is 1. The first kappa shape index (κ1) is 10.6. The highest BCUT2D eigenvalue weighted by Gasteiger charge is 2.28. The lowest BCUT2D eigenvalue weighted by atomic mass is 9.93. The summed E-state index contributed by atoms with van der Waals surface area (Å²) in [6, 6.07) is 2.83. The van der Waals surface area contributed by atoms with Crippen molar-refractivity contribution in [3.63, 3.8) is 0 Å². The molecule has 0 aromatic heterocycles. The normalized spacial score (nSPS) is 14.9. The number of carbonyl (C=O) groups is 1. The molecule has 0 saturated carbocycles. The van der Waals surface area contributed by atoms with Crippen LogP contribution in [-0.4, -0.2) is 5.97 Å². The van der Waals surface area contributed by atoms with E-state index in [1.807, 2.05) is 0 Å². The lowest BCUT2D eigenvalue weighted by Gasteiger charge is -2.22. The second-order valence-corrected chi connectivity index (χ2v) is 3.25. The van der Waals surface area contributed by atoms with Crippen LogP contribution < -0.4 is 10.8 Å². The summed E-state index contributed by atoms with van der Waals surface area (Å²) in [4.78, 5) is 10.6. The van der Waals surface area contributed by atoms with Crippen molar-refractivity contribution in [2.75, 3.05) is 0 Å². The van der Waals surface area contributed by atoms with Crippen LogP contribution in [0.15, 0.2) is 18.2 Å². The molecule has 5 heteroatoms. The van der Waals surface area contributed by atoms with Gasteiger partial charge in [-0.15, -0.1) is 0 Å². The fraction of sp³-hybridized carbons (Fsp3) is 0.222. The van der Waals surface area contributed by atoms with Gasteiger partial charge in [0.1, 0.15) is 5.97 Å². The van der Waals surface area contributed by atoms with Crippen molar-refractivity contribution in [2.45, 2.75) is 12.5 Å². The lowest BCUT2D eigenvalue weighted by molar-refractivity contribution is -0.489. The highest BCUT2D eigenvalue weighted by atomic mass is 19.2. The zero-order valence-electron chi connectivity index (χ0n) is 7.51. The fourth-order valence-electron chi connectivity index (χ4n) is 0.957. The minimum atomic E-state index is -1.57. The molecular formula is C9H9F2NO2. The van der Waals surface area contributed by atoms with E-state index in [0.29, 0.717) is 0 Å². The maximum Gasteiger partial charge on any atom is 0.159 e. The van der Waals surface area contributed by atoms with Crippen molar-refractivity contribution in [3.05, 3.63) is 35.4 Å². The Kier molecular flexibility index (Phi) is 2.53. The minimum Gasteiger partial charge on any atom is -0.543 e. The first-order valence-electron chi connectivity index (χ1n) is 3.88. The molecule has 1 aromatic rings. The molecular weight excluding hydrogens is 192 g/mol. The average Bonchev–Trinajstić information content (AvgIpc) is 2.09. The SMILES string of the molecule is C[C@@]([NH3+])(C(=O)[O-])c1ccc(F)c(F)c1. The summed E-state index contributed by atoms with van der Waals surface area (Å²) in [5.74, 6) is -3.56. The monoisotopic (exact) mass is 201 g/mol. The van der Waals surface area contributed by atoms with Gasteiger partial charge in [-0.25, -0.2) is 8.78 Å². The van der Waals surface area contributed by atoms with E-state index in [2.05, 4.69) is 5.73 Å². The van der Waals surface area contributed by atoms with E-state index in [1.54, 1.807) is 0 Å². The summed E-state index contributed by atoms with van der Waals surface area (Å²) in [5.41, 5.74) is 1.85. The molecule has 76 valence electrons. The third-order valence-electron chi connectivity index (χ3n) is 2.01. The van der Waals surface area contributed by atoms with Crippen molar-refractivity contribution in [1.82, 2.24) is 0 Å². The molecule has 1 atom stereocenters. The zero-order valence-corrected chi connectivity index (χ0v) is 7.51. The summed E-state index contributed by atoms with van der Waals surface area (Å²) < 4.78 is 25.3. The van der Waals surface area contributed by atoms with Crippen LogP contribution in [0.5, 0.6) is 0 Å². The fourth-order valence-corrected chi connectivity index (χ4v) is 0.957. The number of benzene rings is 1. The molecule has 0 spiro atoms. The maximum atomic E-state index is 12.8. The quantitative estimate of drug-likeness (QED) is 0.678. The molecule has 3 N–H and O–H groups in total. The Morgan fingerprint density at radius 1 is 1.43 bits per heavy atom. The number of hydrogen-bond donors (Lipinski definition) is 1. The molecule has 0 saturated heterocycles.